The van der Waals surface area contributed by atoms with Crippen molar-refractivity contribution in [3.63, 3.8) is 0 Å². The van der Waals surface area contributed by atoms with E-state index in [-0.39, 0.29) is 0 Å². The first-order chi connectivity index (χ1) is 8.15. The van der Waals surface area contributed by atoms with Gasteiger partial charge < -0.3 is 15.5 Å². The Labute approximate surface area is 106 Å². The molecule has 0 unspecified atom stereocenters. The van der Waals surface area contributed by atoms with E-state index in [1.165, 1.54) is 12.8 Å². The molecule has 0 spiro atoms. The highest BCUT2D eigenvalue weighted by Crippen LogP contribution is 2.34. The van der Waals surface area contributed by atoms with Crippen LogP contribution in [0.25, 0.3) is 0 Å². The molecule has 17 heavy (non-hydrogen) atoms. The third-order valence-corrected chi connectivity index (χ3v) is 4.12. The van der Waals surface area contributed by atoms with Crippen LogP contribution < -0.4 is 10.6 Å². The van der Waals surface area contributed by atoms with E-state index in [4.69, 9.17) is 17.3 Å². The average Bonchev–Trinajstić information content (AvgIpc) is 2.55. The van der Waals surface area contributed by atoms with Crippen molar-refractivity contribution in [2.75, 3.05) is 30.8 Å². The number of nitrogens with zero attached hydrogens (tertiary/aromatic N) is 3. The Morgan fingerprint density at radius 1 is 1.35 bits per heavy atom. The fourth-order valence-corrected chi connectivity index (χ4v) is 3.17. The van der Waals surface area contributed by atoms with E-state index in [0.29, 0.717) is 22.8 Å². The van der Waals surface area contributed by atoms with Crippen LogP contribution >= 0.6 is 11.6 Å². The van der Waals surface area contributed by atoms with Crippen molar-refractivity contribution in [3.8, 4) is 0 Å². The van der Waals surface area contributed by atoms with Gasteiger partial charge in [0, 0.05) is 37.4 Å². The standard InChI is InChI=1S/C12H17ClN4/c1-16-6-8-2-3-9(7-16)17(8)12-4-11(14)10(13)5-15-12/h4-5,8-9H,2-3,6-7H2,1H3,(H2,14,15)/t8-,9+. The topological polar surface area (TPSA) is 45.4 Å². The van der Waals surface area contributed by atoms with Crippen molar-refractivity contribution in [3.05, 3.63) is 17.3 Å². The van der Waals surface area contributed by atoms with Gasteiger partial charge in [-0.2, -0.15) is 0 Å². The van der Waals surface area contributed by atoms with Crippen molar-refractivity contribution in [2.24, 2.45) is 0 Å². The van der Waals surface area contributed by atoms with Gasteiger partial charge in [-0.15, -0.1) is 0 Å². The van der Waals surface area contributed by atoms with Gasteiger partial charge in [-0.3, -0.25) is 0 Å². The van der Waals surface area contributed by atoms with Gasteiger partial charge in [0.1, 0.15) is 5.82 Å². The number of hydrogen-bond acceptors (Lipinski definition) is 4. The summed E-state index contributed by atoms with van der Waals surface area (Å²) in [4.78, 5) is 9.25. The summed E-state index contributed by atoms with van der Waals surface area (Å²) >= 11 is 5.92. The van der Waals surface area contributed by atoms with E-state index in [1.807, 2.05) is 6.07 Å². The smallest absolute Gasteiger partial charge is 0.131 e. The predicted molar refractivity (Wildman–Crippen MR) is 70.4 cm³/mol. The van der Waals surface area contributed by atoms with E-state index < -0.39 is 0 Å². The zero-order chi connectivity index (χ0) is 12.0. The number of nitrogen functional groups attached to an aromatic ring is 1. The maximum absolute atomic E-state index is 5.92. The molecule has 0 aromatic carbocycles. The largest absolute Gasteiger partial charge is 0.397 e. The number of nitrogens with two attached hydrogens (primary N) is 1. The number of pyridine rings is 1. The van der Waals surface area contributed by atoms with Gasteiger partial charge >= 0.3 is 0 Å². The lowest BCUT2D eigenvalue weighted by Crippen LogP contribution is -2.52. The zero-order valence-electron chi connectivity index (χ0n) is 9.93. The van der Waals surface area contributed by atoms with Crippen molar-refractivity contribution >= 4 is 23.1 Å². The molecule has 0 radical (unpaired) electrons. The summed E-state index contributed by atoms with van der Waals surface area (Å²) < 4.78 is 0. The Kier molecular flexibility index (Phi) is 2.64. The number of anilines is 2. The summed E-state index contributed by atoms with van der Waals surface area (Å²) in [7, 11) is 2.19. The molecule has 92 valence electrons. The number of likely N-dealkylation sites (N-methyl/N-ethyl adjacent to an activating group) is 1. The summed E-state index contributed by atoms with van der Waals surface area (Å²) in [6.45, 7) is 2.22. The van der Waals surface area contributed by atoms with E-state index in [1.54, 1.807) is 6.20 Å². The summed E-state index contributed by atoms with van der Waals surface area (Å²) in [5.74, 6) is 0.979. The van der Waals surface area contributed by atoms with Gasteiger partial charge in [-0.25, -0.2) is 4.98 Å². The molecule has 2 aliphatic heterocycles. The number of hydrogen-bond donors (Lipinski definition) is 1. The van der Waals surface area contributed by atoms with Crippen LogP contribution in [0, 0.1) is 0 Å². The highest BCUT2D eigenvalue weighted by atomic mass is 35.5. The highest BCUT2D eigenvalue weighted by molar-refractivity contribution is 6.32. The molecular formula is C12H17ClN4. The molecule has 3 rings (SSSR count). The number of piperazine rings is 1. The minimum absolute atomic E-state index is 0.537. The van der Waals surface area contributed by atoms with Gasteiger partial charge in [0.25, 0.3) is 0 Å². The van der Waals surface area contributed by atoms with E-state index in [9.17, 15) is 0 Å². The fourth-order valence-electron chi connectivity index (χ4n) is 3.07. The normalized spacial score (nSPS) is 28.7. The maximum Gasteiger partial charge on any atom is 0.131 e. The Balaban J connectivity index is 1.92. The predicted octanol–water partition coefficient (Wildman–Crippen LogP) is 1.60. The quantitative estimate of drug-likeness (QED) is 0.825. The third kappa shape index (κ3) is 1.85. The van der Waals surface area contributed by atoms with Gasteiger partial charge in [-0.1, -0.05) is 11.6 Å². The Morgan fingerprint density at radius 3 is 2.59 bits per heavy atom. The van der Waals surface area contributed by atoms with Crippen LogP contribution in [-0.2, 0) is 0 Å². The van der Waals surface area contributed by atoms with E-state index >= 15 is 0 Å². The summed E-state index contributed by atoms with van der Waals surface area (Å²) in [6.07, 6.45) is 4.16. The van der Waals surface area contributed by atoms with Crippen LogP contribution in [0.15, 0.2) is 12.3 Å². The molecule has 0 amide bonds. The van der Waals surface area contributed by atoms with Crippen LogP contribution in [0.5, 0.6) is 0 Å². The molecule has 1 aromatic heterocycles. The monoisotopic (exact) mass is 252 g/mol. The Morgan fingerprint density at radius 2 is 2.00 bits per heavy atom. The van der Waals surface area contributed by atoms with Crippen molar-refractivity contribution in [2.45, 2.75) is 24.9 Å². The second kappa shape index (κ2) is 4.03. The van der Waals surface area contributed by atoms with Crippen molar-refractivity contribution < 1.29 is 0 Å². The molecule has 2 aliphatic rings. The molecule has 2 N–H and O–H groups in total. The number of rotatable bonds is 1. The first-order valence-electron chi connectivity index (χ1n) is 6.03. The fraction of sp³-hybridized carbons (Fsp3) is 0.583. The lowest BCUT2D eigenvalue weighted by atomic mass is 10.2. The first kappa shape index (κ1) is 11.1. The number of halogens is 1. The molecular weight excluding hydrogens is 236 g/mol. The minimum atomic E-state index is 0.537. The zero-order valence-corrected chi connectivity index (χ0v) is 10.7. The van der Waals surface area contributed by atoms with Gasteiger partial charge in [0.15, 0.2) is 0 Å². The summed E-state index contributed by atoms with van der Waals surface area (Å²) in [6, 6.07) is 3.05. The van der Waals surface area contributed by atoms with Gasteiger partial charge in [0.05, 0.1) is 10.7 Å². The molecule has 2 atom stereocenters. The van der Waals surface area contributed by atoms with E-state index in [0.717, 1.165) is 18.9 Å². The molecule has 2 saturated heterocycles. The number of fused-ring (bicyclic) bond motifs is 2. The second-order valence-corrected chi connectivity index (χ2v) is 5.48. The van der Waals surface area contributed by atoms with E-state index in [2.05, 4.69) is 21.8 Å². The third-order valence-electron chi connectivity index (χ3n) is 3.80. The van der Waals surface area contributed by atoms with Crippen LogP contribution in [0.1, 0.15) is 12.8 Å². The SMILES string of the molecule is CN1C[C@H]2CC[C@@H](C1)N2c1cc(N)c(Cl)cn1. The lowest BCUT2D eigenvalue weighted by molar-refractivity contribution is 0.264. The average molecular weight is 253 g/mol. The first-order valence-corrected chi connectivity index (χ1v) is 6.41. The molecule has 0 saturated carbocycles. The molecule has 0 aliphatic carbocycles. The highest BCUT2D eigenvalue weighted by Gasteiger charge is 2.39. The molecule has 4 nitrogen and oxygen atoms in total. The van der Waals surface area contributed by atoms with Crippen LogP contribution in [0.4, 0.5) is 11.5 Å². The van der Waals surface area contributed by atoms with Gasteiger partial charge in [-0.05, 0) is 19.9 Å². The minimum Gasteiger partial charge on any atom is -0.397 e. The molecule has 2 bridgehead atoms. The van der Waals surface area contributed by atoms with Crippen molar-refractivity contribution in [1.29, 1.82) is 0 Å². The summed E-state index contributed by atoms with van der Waals surface area (Å²) in [5.41, 5.74) is 6.48. The van der Waals surface area contributed by atoms with Crippen molar-refractivity contribution in [1.82, 2.24) is 9.88 Å². The Hall–Kier alpha value is -1.00. The molecule has 1 aromatic rings. The van der Waals surface area contributed by atoms with Crippen LogP contribution in [0.2, 0.25) is 5.02 Å². The lowest BCUT2D eigenvalue weighted by Gasteiger charge is -2.40. The Bertz CT molecular complexity index is 423. The molecule has 3 heterocycles. The molecule has 5 heteroatoms. The maximum atomic E-state index is 5.92. The van der Waals surface area contributed by atoms with Gasteiger partial charge in [0.2, 0.25) is 0 Å². The number of aromatic nitrogens is 1. The van der Waals surface area contributed by atoms with Crippen LogP contribution in [0.3, 0.4) is 0 Å². The molecule has 2 fully saturated rings. The summed E-state index contributed by atoms with van der Waals surface area (Å²) in [5, 5.41) is 0.537. The van der Waals surface area contributed by atoms with Crippen LogP contribution in [-0.4, -0.2) is 42.1 Å². The second-order valence-electron chi connectivity index (χ2n) is 5.08. The number of likely N-dealkylation sites (tertiary alicyclic amines) is 1.